The molecule has 2 unspecified atom stereocenters. The Kier molecular flexibility index (Phi) is 7.75. The Hall–Kier alpha value is -3.03. The Labute approximate surface area is 207 Å². The summed E-state index contributed by atoms with van der Waals surface area (Å²) in [6.07, 6.45) is 1.82. The maximum Gasteiger partial charge on any atom is 0.412 e. The van der Waals surface area contributed by atoms with E-state index in [0.717, 1.165) is 28.8 Å². The molecule has 6 nitrogen and oxygen atoms in total. The van der Waals surface area contributed by atoms with Crippen LogP contribution in [-0.4, -0.2) is 23.3 Å². The monoisotopic (exact) mass is 499 g/mol. The van der Waals surface area contributed by atoms with Crippen LogP contribution in [0.4, 0.5) is 10.5 Å². The van der Waals surface area contributed by atoms with Gasteiger partial charge in [-0.15, -0.1) is 11.3 Å². The van der Waals surface area contributed by atoms with Crippen LogP contribution in [0.3, 0.4) is 0 Å². The summed E-state index contributed by atoms with van der Waals surface area (Å²) in [7, 11) is 0. The van der Waals surface area contributed by atoms with Crippen molar-refractivity contribution in [3.63, 3.8) is 0 Å². The molecule has 34 heavy (non-hydrogen) atoms. The molecule has 1 heterocycles. The van der Waals surface area contributed by atoms with Crippen molar-refractivity contribution < 1.29 is 24.2 Å². The molecule has 1 amide bonds. The average Bonchev–Trinajstić information content (AvgIpc) is 3.27. The van der Waals surface area contributed by atoms with Gasteiger partial charge >= 0.3 is 12.1 Å². The first kappa shape index (κ1) is 24.1. The predicted molar refractivity (Wildman–Crippen MR) is 134 cm³/mol. The van der Waals surface area contributed by atoms with Crippen molar-refractivity contribution in [3.05, 3.63) is 70.6 Å². The van der Waals surface area contributed by atoms with Gasteiger partial charge < -0.3 is 14.6 Å². The molecular weight excluding hydrogens is 474 g/mol. The lowest BCUT2D eigenvalue weighted by molar-refractivity contribution is -0.143. The van der Waals surface area contributed by atoms with Crippen LogP contribution in [0.5, 0.6) is 5.75 Å². The fourth-order valence-corrected chi connectivity index (χ4v) is 5.30. The maximum absolute atomic E-state index is 12.5. The molecule has 0 saturated heterocycles. The molecule has 1 saturated carbocycles. The van der Waals surface area contributed by atoms with E-state index >= 15 is 0 Å². The molecule has 3 atom stereocenters. The van der Waals surface area contributed by atoms with E-state index in [1.807, 2.05) is 53.9 Å². The number of carbonyl (C=O) groups excluding carboxylic acids is 1. The van der Waals surface area contributed by atoms with Crippen molar-refractivity contribution in [2.24, 2.45) is 5.92 Å². The van der Waals surface area contributed by atoms with Crippen molar-refractivity contribution in [1.29, 1.82) is 0 Å². The quantitative estimate of drug-likeness (QED) is 0.353. The smallest absolute Gasteiger partial charge is 0.412 e. The van der Waals surface area contributed by atoms with Gasteiger partial charge in [0, 0.05) is 10.6 Å². The molecule has 1 aromatic heterocycles. The van der Waals surface area contributed by atoms with Gasteiger partial charge in [-0.1, -0.05) is 29.8 Å². The van der Waals surface area contributed by atoms with Crippen LogP contribution in [-0.2, 0) is 9.53 Å². The molecule has 1 aliphatic rings. The van der Waals surface area contributed by atoms with Gasteiger partial charge in [0.1, 0.15) is 11.9 Å². The normalized spacial score (nSPS) is 18.6. The second kappa shape index (κ2) is 10.9. The highest BCUT2D eigenvalue weighted by atomic mass is 35.5. The van der Waals surface area contributed by atoms with E-state index in [1.165, 1.54) is 11.3 Å². The first-order chi connectivity index (χ1) is 16.4. The number of halogens is 1. The summed E-state index contributed by atoms with van der Waals surface area (Å²) in [5, 5.41) is 14.5. The Bertz CT molecular complexity index is 1150. The van der Waals surface area contributed by atoms with Crippen LogP contribution in [0.1, 0.15) is 44.3 Å². The van der Waals surface area contributed by atoms with Crippen molar-refractivity contribution in [2.45, 2.75) is 44.8 Å². The molecule has 4 rings (SSSR count). The number of carboxylic acid groups (broad SMARTS) is 1. The van der Waals surface area contributed by atoms with Crippen LogP contribution >= 0.6 is 22.9 Å². The number of thiophene rings is 1. The van der Waals surface area contributed by atoms with Crippen LogP contribution in [0.15, 0.2) is 60.0 Å². The van der Waals surface area contributed by atoms with Gasteiger partial charge in [0.15, 0.2) is 0 Å². The standard InChI is InChI=1S/C26H26ClNO5S/c1-16(21-7-2-3-8-22(21)27)32-26(31)28-23-13-14-34-24(23)17-9-11-19(12-10-17)33-20-6-4-5-18(15-20)25(29)30/h2-3,7-14,16,18,20H,4-6,15H2,1H3,(H,28,31)(H,29,30)/t16-,18?,20?/m1/s1. The van der Waals surface area contributed by atoms with Crippen molar-refractivity contribution in [1.82, 2.24) is 0 Å². The highest BCUT2D eigenvalue weighted by Gasteiger charge is 2.28. The van der Waals surface area contributed by atoms with Crippen LogP contribution < -0.4 is 10.1 Å². The fourth-order valence-electron chi connectivity index (χ4n) is 4.15. The molecule has 0 aliphatic heterocycles. The van der Waals surface area contributed by atoms with Gasteiger partial charge in [-0.05, 0) is 79.9 Å². The van der Waals surface area contributed by atoms with Gasteiger partial charge in [0.25, 0.3) is 0 Å². The number of benzene rings is 2. The summed E-state index contributed by atoms with van der Waals surface area (Å²) in [4.78, 5) is 24.7. The summed E-state index contributed by atoms with van der Waals surface area (Å²) in [6.45, 7) is 1.78. The molecule has 0 spiro atoms. The summed E-state index contributed by atoms with van der Waals surface area (Å²) < 4.78 is 11.6. The molecule has 0 radical (unpaired) electrons. The number of ether oxygens (including phenoxy) is 2. The van der Waals surface area contributed by atoms with Gasteiger partial charge in [0.2, 0.25) is 0 Å². The molecular formula is C26H26ClNO5S. The van der Waals surface area contributed by atoms with Crippen molar-refractivity contribution in [3.8, 4) is 16.2 Å². The summed E-state index contributed by atoms with van der Waals surface area (Å²) in [5.74, 6) is -0.377. The molecule has 1 fully saturated rings. The Morgan fingerprint density at radius 2 is 1.88 bits per heavy atom. The minimum atomic E-state index is -0.749. The molecule has 1 aliphatic carbocycles. The number of amides is 1. The maximum atomic E-state index is 12.5. The largest absolute Gasteiger partial charge is 0.490 e. The van der Waals surface area contributed by atoms with E-state index in [-0.39, 0.29) is 12.0 Å². The summed E-state index contributed by atoms with van der Waals surface area (Å²) >= 11 is 7.71. The zero-order chi connectivity index (χ0) is 24.1. The predicted octanol–water partition coefficient (Wildman–Crippen LogP) is 7.40. The SMILES string of the molecule is C[C@@H](OC(=O)Nc1ccsc1-c1ccc(OC2CCCC(C(=O)O)C2)cc1)c1ccccc1Cl. The molecule has 2 N–H and O–H groups in total. The third-order valence-electron chi connectivity index (χ3n) is 5.92. The van der Waals surface area contributed by atoms with Crippen molar-refractivity contribution in [2.75, 3.05) is 5.32 Å². The number of hydrogen-bond donors (Lipinski definition) is 2. The van der Waals surface area contributed by atoms with Gasteiger partial charge in [0.05, 0.1) is 22.6 Å². The van der Waals surface area contributed by atoms with E-state index in [0.29, 0.717) is 29.3 Å². The molecule has 178 valence electrons. The minimum Gasteiger partial charge on any atom is -0.490 e. The lowest BCUT2D eigenvalue weighted by atomic mass is 9.87. The third-order valence-corrected chi connectivity index (χ3v) is 7.23. The number of carboxylic acids is 1. The zero-order valence-electron chi connectivity index (χ0n) is 18.7. The summed E-state index contributed by atoms with van der Waals surface area (Å²) in [6, 6.07) is 16.7. The number of anilines is 1. The van der Waals surface area contributed by atoms with E-state index in [9.17, 15) is 14.7 Å². The van der Waals surface area contributed by atoms with Gasteiger partial charge in [-0.2, -0.15) is 0 Å². The second-order valence-corrected chi connectivity index (χ2v) is 9.65. The first-order valence-corrected chi connectivity index (χ1v) is 12.5. The summed E-state index contributed by atoms with van der Waals surface area (Å²) in [5.41, 5.74) is 2.34. The Balaban J connectivity index is 1.38. The Morgan fingerprint density at radius 1 is 1.12 bits per heavy atom. The molecule has 0 bridgehead atoms. The van der Waals surface area contributed by atoms with Gasteiger partial charge in [-0.25, -0.2) is 4.79 Å². The van der Waals surface area contributed by atoms with Crippen molar-refractivity contribution >= 4 is 40.7 Å². The highest BCUT2D eigenvalue weighted by molar-refractivity contribution is 7.14. The second-order valence-electron chi connectivity index (χ2n) is 8.32. The number of hydrogen-bond acceptors (Lipinski definition) is 5. The number of nitrogens with one attached hydrogen (secondary N) is 1. The fraction of sp³-hybridized carbons (Fsp3) is 0.308. The van der Waals surface area contributed by atoms with Crippen LogP contribution in [0.25, 0.3) is 10.4 Å². The zero-order valence-corrected chi connectivity index (χ0v) is 20.3. The van der Waals surface area contributed by atoms with E-state index in [1.54, 1.807) is 13.0 Å². The van der Waals surface area contributed by atoms with Crippen LogP contribution in [0.2, 0.25) is 5.02 Å². The number of aliphatic carboxylic acids is 1. The highest BCUT2D eigenvalue weighted by Crippen LogP contribution is 2.36. The first-order valence-electron chi connectivity index (χ1n) is 11.2. The lowest BCUT2D eigenvalue weighted by Gasteiger charge is -2.27. The Morgan fingerprint density at radius 3 is 2.62 bits per heavy atom. The molecule has 2 aromatic carbocycles. The van der Waals surface area contributed by atoms with Crippen LogP contribution in [0, 0.1) is 5.92 Å². The molecule has 8 heteroatoms. The van der Waals surface area contributed by atoms with E-state index < -0.39 is 18.2 Å². The van der Waals surface area contributed by atoms with E-state index in [2.05, 4.69) is 5.32 Å². The van der Waals surface area contributed by atoms with Gasteiger partial charge in [-0.3, -0.25) is 10.1 Å². The topological polar surface area (TPSA) is 84.9 Å². The molecule has 3 aromatic rings. The average molecular weight is 500 g/mol. The lowest BCUT2D eigenvalue weighted by Crippen LogP contribution is -2.29. The third kappa shape index (κ3) is 5.90. The van der Waals surface area contributed by atoms with E-state index in [4.69, 9.17) is 21.1 Å². The number of rotatable bonds is 7. The number of carbonyl (C=O) groups is 2. The minimum absolute atomic E-state index is 0.0884.